The van der Waals surface area contributed by atoms with Gasteiger partial charge < -0.3 is 20.3 Å². The first kappa shape index (κ1) is 16.4. The van der Waals surface area contributed by atoms with E-state index in [1.54, 1.807) is 24.3 Å². The van der Waals surface area contributed by atoms with Gasteiger partial charge in [0.1, 0.15) is 12.7 Å². The number of alkyl carbamates (subject to hydrolysis) is 1. The van der Waals surface area contributed by atoms with Crippen LogP contribution in [0.5, 0.6) is 0 Å². The Hall–Kier alpha value is -2.93. The van der Waals surface area contributed by atoms with Crippen LogP contribution in [0.1, 0.15) is 17.2 Å². The number of carbonyl (C=O) groups is 2. The number of ether oxygens (including phenoxy) is 1. The van der Waals surface area contributed by atoms with Gasteiger partial charge in [0.2, 0.25) is 0 Å². The maximum absolute atomic E-state index is 11.7. The zero-order chi connectivity index (χ0) is 16.7. The van der Waals surface area contributed by atoms with Crippen molar-refractivity contribution in [3.05, 3.63) is 66.0 Å². The van der Waals surface area contributed by atoms with E-state index in [2.05, 4.69) is 10.3 Å². The Balaban J connectivity index is 1.96. The molecule has 0 saturated heterocycles. The van der Waals surface area contributed by atoms with Gasteiger partial charge in [0, 0.05) is 12.4 Å². The number of carbonyl (C=O) groups excluding carboxylic acids is 1. The van der Waals surface area contributed by atoms with Gasteiger partial charge >= 0.3 is 12.1 Å². The molecule has 0 aliphatic heterocycles. The second-order valence-corrected chi connectivity index (χ2v) is 4.75. The molecule has 0 bridgehead atoms. The Morgan fingerprint density at radius 3 is 2.39 bits per heavy atom. The number of hydrogen-bond acceptors (Lipinski definition) is 5. The second kappa shape index (κ2) is 7.90. The van der Waals surface area contributed by atoms with Crippen molar-refractivity contribution in [1.29, 1.82) is 0 Å². The first-order chi connectivity index (χ1) is 11.1. The van der Waals surface area contributed by atoms with Crippen molar-refractivity contribution < 1.29 is 24.5 Å². The van der Waals surface area contributed by atoms with Gasteiger partial charge in [-0.1, -0.05) is 30.3 Å². The minimum atomic E-state index is -1.53. The summed E-state index contributed by atoms with van der Waals surface area (Å²) in [7, 11) is 0. The number of aliphatic carboxylic acids is 1. The van der Waals surface area contributed by atoms with E-state index in [9.17, 15) is 19.8 Å². The summed E-state index contributed by atoms with van der Waals surface area (Å²) < 4.78 is 4.96. The predicted molar refractivity (Wildman–Crippen MR) is 80.4 cm³/mol. The molecule has 7 nitrogen and oxygen atoms in total. The maximum Gasteiger partial charge on any atom is 0.408 e. The molecule has 1 aromatic carbocycles. The minimum absolute atomic E-state index is 0.00433. The molecule has 1 aromatic heterocycles. The van der Waals surface area contributed by atoms with Gasteiger partial charge in [-0.25, -0.2) is 9.59 Å². The third kappa shape index (κ3) is 4.79. The van der Waals surface area contributed by atoms with Crippen LogP contribution < -0.4 is 5.32 Å². The van der Waals surface area contributed by atoms with E-state index in [-0.39, 0.29) is 6.61 Å². The van der Waals surface area contributed by atoms with E-state index in [1.807, 2.05) is 6.07 Å². The molecular weight excluding hydrogens is 300 g/mol. The molecule has 0 aliphatic carbocycles. The number of pyridine rings is 1. The number of rotatable bonds is 6. The number of aliphatic hydroxyl groups is 1. The standard InChI is InChI=1S/C16H16N2O5/c19-14(12-6-8-17-9-7-12)13(15(20)21)18-16(22)23-10-11-4-2-1-3-5-11/h1-9,13-14,19H,10H2,(H,18,22)(H,20,21). The molecule has 2 aromatic rings. The summed E-state index contributed by atoms with van der Waals surface area (Å²) in [6.07, 6.45) is 0.505. The fourth-order valence-electron chi connectivity index (χ4n) is 1.92. The number of aromatic nitrogens is 1. The molecule has 0 radical (unpaired) electrons. The van der Waals surface area contributed by atoms with Gasteiger partial charge in [0.05, 0.1) is 0 Å². The summed E-state index contributed by atoms with van der Waals surface area (Å²) in [5.74, 6) is -1.37. The highest BCUT2D eigenvalue weighted by molar-refractivity contribution is 5.80. The van der Waals surface area contributed by atoms with Crippen molar-refractivity contribution in [1.82, 2.24) is 10.3 Å². The van der Waals surface area contributed by atoms with E-state index in [1.165, 1.54) is 24.5 Å². The largest absolute Gasteiger partial charge is 0.480 e. The lowest BCUT2D eigenvalue weighted by atomic mass is 10.0. The van der Waals surface area contributed by atoms with E-state index < -0.39 is 24.2 Å². The van der Waals surface area contributed by atoms with Crippen molar-refractivity contribution in [2.45, 2.75) is 18.8 Å². The van der Waals surface area contributed by atoms with Crippen LogP contribution in [0.3, 0.4) is 0 Å². The number of nitrogens with zero attached hydrogens (tertiary/aromatic N) is 1. The van der Waals surface area contributed by atoms with Gasteiger partial charge in [-0.2, -0.15) is 0 Å². The normalized spacial score (nSPS) is 12.9. The van der Waals surface area contributed by atoms with Gasteiger partial charge in [-0.3, -0.25) is 4.98 Å². The zero-order valence-corrected chi connectivity index (χ0v) is 12.1. The molecule has 120 valence electrons. The van der Waals surface area contributed by atoms with Crippen LogP contribution in [0.15, 0.2) is 54.9 Å². The van der Waals surface area contributed by atoms with Gasteiger partial charge in [-0.15, -0.1) is 0 Å². The van der Waals surface area contributed by atoms with Crippen molar-refractivity contribution in [2.75, 3.05) is 0 Å². The van der Waals surface area contributed by atoms with Crippen molar-refractivity contribution >= 4 is 12.1 Å². The highest BCUT2D eigenvalue weighted by Gasteiger charge is 2.30. The SMILES string of the molecule is O=C(NC(C(=O)O)C(O)c1ccncc1)OCc1ccccc1. The van der Waals surface area contributed by atoms with Crippen molar-refractivity contribution in [2.24, 2.45) is 0 Å². The van der Waals surface area contributed by atoms with Gasteiger partial charge in [0.25, 0.3) is 0 Å². The van der Waals surface area contributed by atoms with E-state index in [0.717, 1.165) is 5.56 Å². The van der Waals surface area contributed by atoms with Crippen LogP contribution in [0, 0.1) is 0 Å². The molecule has 2 unspecified atom stereocenters. The minimum Gasteiger partial charge on any atom is -0.480 e. The third-order valence-electron chi connectivity index (χ3n) is 3.12. The topological polar surface area (TPSA) is 109 Å². The van der Waals surface area contributed by atoms with Crippen LogP contribution in [0.25, 0.3) is 0 Å². The second-order valence-electron chi connectivity index (χ2n) is 4.75. The number of nitrogens with one attached hydrogen (secondary N) is 1. The summed E-state index contributed by atoms with van der Waals surface area (Å²) in [5, 5.41) is 21.5. The van der Waals surface area contributed by atoms with E-state index in [4.69, 9.17) is 4.74 Å². The molecule has 2 rings (SSSR count). The number of benzene rings is 1. The molecule has 7 heteroatoms. The highest BCUT2D eigenvalue weighted by Crippen LogP contribution is 2.16. The van der Waals surface area contributed by atoms with Crippen molar-refractivity contribution in [3.63, 3.8) is 0 Å². The van der Waals surface area contributed by atoms with Crippen LogP contribution >= 0.6 is 0 Å². The lowest BCUT2D eigenvalue weighted by Crippen LogP contribution is -2.45. The number of carboxylic acid groups (broad SMARTS) is 1. The Bertz CT molecular complexity index is 648. The predicted octanol–water partition coefficient (Wildman–Crippen LogP) is 1.49. The maximum atomic E-state index is 11.7. The summed E-state index contributed by atoms with van der Waals surface area (Å²) in [5.41, 5.74) is 1.10. The lowest BCUT2D eigenvalue weighted by Gasteiger charge is -2.20. The smallest absolute Gasteiger partial charge is 0.408 e. The van der Waals surface area contributed by atoms with Crippen LogP contribution in [0.2, 0.25) is 0 Å². The number of hydrogen-bond donors (Lipinski definition) is 3. The van der Waals surface area contributed by atoms with Crippen LogP contribution in [-0.4, -0.2) is 33.3 Å². The fourth-order valence-corrected chi connectivity index (χ4v) is 1.92. The Morgan fingerprint density at radius 1 is 1.13 bits per heavy atom. The molecule has 1 amide bonds. The van der Waals surface area contributed by atoms with Crippen LogP contribution in [0.4, 0.5) is 4.79 Å². The van der Waals surface area contributed by atoms with Crippen LogP contribution in [-0.2, 0) is 16.1 Å². The molecule has 23 heavy (non-hydrogen) atoms. The van der Waals surface area contributed by atoms with Gasteiger partial charge in [0.15, 0.2) is 6.04 Å². The monoisotopic (exact) mass is 316 g/mol. The Morgan fingerprint density at radius 2 is 1.78 bits per heavy atom. The average Bonchev–Trinajstić information content (AvgIpc) is 2.58. The Labute approximate surface area is 132 Å². The molecule has 2 atom stereocenters. The average molecular weight is 316 g/mol. The van der Waals surface area contributed by atoms with Crippen molar-refractivity contribution in [3.8, 4) is 0 Å². The fraction of sp³-hybridized carbons (Fsp3) is 0.188. The summed E-state index contributed by atoms with van der Waals surface area (Å²) in [4.78, 5) is 26.8. The first-order valence-corrected chi connectivity index (χ1v) is 6.86. The molecule has 3 N–H and O–H groups in total. The molecule has 0 spiro atoms. The number of amides is 1. The molecule has 0 saturated carbocycles. The highest BCUT2D eigenvalue weighted by atomic mass is 16.5. The molecule has 0 aliphatic rings. The summed E-state index contributed by atoms with van der Waals surface area (Å²) in [6.45, 7) is 0.00433. The van der Waals surface area contributed by atoms with E-state index >= 15 is 0 Å². The number of aliphatic hydroxyl groups excluding tert-OH is 1. The zero-order valence-electron chi connectivity index (χ0n) is 12.1. The Kier molecular flexibility index (Phi) is 5.65. The quantitative estimate of drug-likeness (QED) is 0.745. The van der Waals surface area contributed by atoms with Gasteiger partial charge in [-0.05, 0) is 23.3 Å². The first-order valence-electron chi connectivity index (χ1n) is 6.86. The lowest BCUT2D eigenvalue weighted by molar-refractivity contribution is -0.142. The summed E-state index contributed by atoms with van der Waals surface area (Å²) in [6, 6.07) is 10.4. The molecular formula is C16H16N2O5. The van der Waals surface area contributed by atoms with E-state index in [0.29, 0.717) is 5.56 Å². The third-order valence-corrected chi connectivity index (χ3v) is 3.12. The molecule has 1 heterocycles. The number of carboxylic acids is 1. The molecule has 0 fully saturated rings. The summed E-state index contributed by atoms with van der Waals surface area (Å²) >= 11 is 0.